The number of aromatic nitrogens is 1. The fourth-order valence-electron chi connectivity index (χ4n) is 2.44. The molecule has 2 N–H and O–H groups in total. The Balaban J connectivity index is 2.77. The van der Waals surface area contributed by atoms with Gasteiger partial charge in [0.1, 0.15) is 0 Å². The Labute approximate surface area is 111 Å². The molecule has 3 nitrogen and oxygen atoms in total. The van der Waals surface area contributed by atoms with E-state index in [1.54, 1.807) is 0 Å². The maximum absolute atomic E-state index is 5.98. The molecule has 1 unspecified atom stereocenters. The van der Waals surface area contributed by atoms with Crippen molar-refractivity contribution in [2.75, 3.05) is 19.6 Å². The van der Waals surface area contributed by atoms with E-state index in [0.29, 0.717) is 12.6 Å². The molecule has 1 aromatic heterocycles. The Morgan fingerprint density at radius 3 is 2.22 bits per heavy atom. The van der Waals surface area contributed by atoms with Crippen LogP contribution in [0.2, 0.25) is 0 Å². The average molecular weight is 249 g/mol. The van der Waals surface area contributed by atoms with E-state index in [0.717, 1.165) is 19.0 Å². The van der Waals surface area contributed by atoms with E-state index in [1.807, 2.05) is 12.4 Å². The van der Waals surface area contributed by atoms with Gasteiger partial charge in [-0.1, -0.05) is 33.6 Å². The Morgan fingerprint density at radius 1 is 1.17 bits per heavy atom. The van der Waals surface area contributed by atoms with Gasteiger partial charge in [-0.15, -0.1) is 0 Å². The van der Waals surface area contributed by atoms with Crippen LogP contribution in [-0.2, 0) is 0 Å². The minimum absolute atomic E-state index is 0.318. The van der Waals surface area contributed by atoms with Crippen molar-refractivity contribution in [2.24, 2.45) is 11.7 Å². The van der Waals surface area contributed by atoms with Crippen LogP contribution in [0.1, 0.15) is 45.2 Å². The zero-order valence-electron chi connectivity index (χ0n) is 12.0. The van der Waals surface area contributed by atoms with E-state index < -0.39 is 0 Å². The number of pyridine rings is 1. The third-order valence-electron chi connectivity index (χ3n) is 3.81. The molecule has 0 amide bonds. The van der Waals surface area contributed by atoms with E-state index in [2.05, 4.69) is 42.8 Å². The van der Waals surface area contributed by atoms with Crippen LogP contribution in [0.4, 0.5) is 0 Å². The second-order valence-electron chi connectivity index (χ2n) is 4.80. The second-order valence-corrected chi connectivity index (χ2v) is 4.80. The highest BCUT2D eigenvalue weighted by atomic mass is 15.2. The minimum Gasteiger partial charge on any atom is -0.329 e. The van der Waals surface area contributed by atoms with Gasteiger partial charge in [0.15, 0.2) is 0 Å². The molecule has 0 aliphatic carbocycles. The summed E-state index contributed by atoms with van der Waals surface area (Å²) in [5.41, 5.74) is 7.26. The lowest BCUT2D eigenvalue weighted by Gasteiger charge is -2.32. The van der Waals surface area contributed by atoms with Crippen molar-refractivity contribution in [3.05, 3.63) is 30.1 Å². The highest BCUT2D eigenvalue weighted by molar-refractivity contribution is 5.15. The van der Waals surface area contributed by atoms with Crippen LogP contribution in [0.25, 0.3) is 0 Å². The van der Waals surface area contributed by atoms with Gasteiger partial charge in [0.25, 0.3) is 0 Å². The number of likely N-dealkylation sites (N-methyl/N-ethyl adjacent to an activating group) is 1. The highest BCUT2D eigenvalue weighted by Crippen LogP contribution is 2.21. The number of nitrogens with two attached hydrogens (primary N) is 1. The Kier molecular flexibility index (Phi) is 6.91. The molecule has 1 atom stereocenters. The number of hydrogen-bond acceptors (Lipinski definition) is 3. The highest BCUT2D eigenvalue weighted by Gasteiger charge is 2.19. The van der Waals surface area contributed by atoms with Gasteiger partial charge in [-0.05, 0) is 30.2 Å². The third-order valence-corrected chi connectivity index (χ3v) is 3.81. The molecular weight excluding hydrogens is 222 g/mol. The first-order valence-corrected chi connectivity index (χ1v) is 7.10. The zero-order chi connectivity index (χ0) is 13.4. The van der Waals surface area contributed by atoms with E-state index in [9.17, 15) is 0 Å². The number of hydrogen-bond donors (Lipinski definition) is 1. The summed E-state index contributed by atoms with van der Waals surface area (Å²) in [6, 6.07) is 4.47. The summed E-state index contributed by atoms with van der Waals surface area (Å²) in [5.74, 6) is 0.765. The third kappa shape index (κ3) is 4.07. The Bertz CT molecular complexity index is 309. The van der Waals surface area contributed by atoms with E-state index in [4.69, 9.17) is 5.73 Å². The topological polar surface area (TPSA) is 42.1 Å². The van der Waals surface area contributed by atoms with Crippen LogP contribution < -0.4 is 5.73 Å². The lowest BCUT2D eigenvalue weighted by molar-refractivity contribution is 0.174. The molecule has 1 heterocycles. The quantitative estimate of drug-likeness (QED) is 0.770. The molecule has 1 aromatic rings. The molecule has 0 saturated heterocycles. The fourth-order valence-corrected chi connectivity index (χ4v) is 2.44. The van der Waals surface area contributed by atoms with Crippen LogP contribution in [0.5, 0.6) is 0 Å². The largest absolute Gasteiger partial charge is 0.329 e. The molecule has 0 saturated carbocycles. The summed E-state index contributed by atoms with van der Waals surface area (Å²) in [7, 11) is 0. The van der Waals surface area contributed by atoms with Crippen molar-refractivity contribution in [1.82, 2.24) is 9.88 Å². The molecule has 0 bridgehead atoms. The maximum atomic E-state index is 5.98. The lowest BCUT2D eigenvalue weighted by atomic mass is 10.00. The van der Waals surface area contributed by atoms with Crippen LogP contribution in [0.3, 0.4) is 0 Å². The normalized spacial score (nSPS) is 13.2. The SMILES string of the molecule is CCC(CC)CN(CC)C(CN)c1ccncc1. The van der Waals surface area contributed by atoms with Gasteiger partial charge in [0.2, 0.25) is 0 Å². The minimum atomic E-state index is 0.318. The summed E-state index contributed by atoms with van der Waals surface area (Å²) in [4.78, 5) is 6.57. The van der Waals surface area contributed by atoms with Crippen LogP contribution in [0, 0.1) is 5.92 Å². The fraction of sp³-hybridized carbons (Fsp3) is 0.667. The molecule has 0 spiro atoms. The van der Waals surface area contributed by atoms with Crippen LogP contribution >= 0.6 is 0 Å². The molecule has 1 rings (SSSR count). The molecule has 102 valence electrons. The van der Waals surface area contributed by atoms with E-state index >= 15 is 0 Å². The average Bonchev–Trinajstić information content (AvgIpc) is 2.44. The summed E-state index contributed by atoms with van der Waals surface area (Å²) < 4.78 is 0. The van der Waals surface area contributed by atoms with E-state index in [1.165, 1.54) is 18.4 Å². The van der Waals surface area contributed by atoms with Crippen molar-refractivity contribution in [2.45, 2.75) is 39.7 Å². The Hall–Kier alpha value is -0.930. The van der Waals surface area contributed by atoms with Crippen molar-refractivity contribution >= 4 is 0 Å². The van der Waals surface area contributed by atoms with Crippen molar-refractivity contribution in [1.29, 1.82) is 0 Å². The van der Waals surface area contributed by atoms with Crippen molar-refractivity contribution < 1.29 is 0 Å². The Morgan fingerprint density at radius 2 is 1.78 bits per heavy atom. The first-order valence-electron chi connectivity index (χ1n) is 7.10. The van der Waals surface area contributed by atoms with Crippen LogP contribution in [-0.4, -0.2) is 29.5 Å². The zero-order valence-corrected chi connectivity index (χ0v) is 12.0. The van der Waals surface area contributed by atoms with Gasteiger partial charge >= 0.3 is 0 Å². The monoisotopic (exact) mass is 249 g/mol. The standard InChI is InChI=1S/C15H27N3/c1-4-13(5-2)12-18(6-3)15(11-16)14-7-9-17-10-8-14/h7-10,13,15H,4-6,11-12,16H2,1-3H3. The summed E-state index contributed by atoms with van der Waals surface area (Å²) in [6.07, 6.45) is 6.17. The molecular formula is C15H27N3. The predicted octanol–water partition coefficient (Wildman–Crippen LogP) is 2.84. The first-order chi connectivity index (χ1) is 8.76. The molecule has 0 fully saturated rings. The predicted molar refractivity (Wildman–Crippen MR) is 77.4 cm³/mol. The maximum Gasteiger partial charge on any atom is 0.0471 e. The van der Waals surface area contributed by atoms with Gasteiger partial charge < -0.3 is 5.73 Å². The molecule has 0 aliphatic rings. The molecule has 18 heavy (non-hydrogen) atoms. The molecule has 0 aromatic carbocycles. The van der Waals surface area contributed by atoms with Gasteiger partial charge in [0.05, 0.1) is 0 Å². The molecule has 0 aliphatic heterocycles. The van der Waals surface area contributed by atoms with E-state index in [-0.39, 0.29) is 0 Å². The summed E-state index contributed by atoms with van der Waals surface area (Å²) >= 11 is 0. The molecule has 3 heteroatoms. The van der Waals surface area contributed by atoms with Crippen molar-refractivity contribution in [3.63, 3.8) is 0 Å². The first kappa shape index (κ1) is 15.1. The van der Waals surface area contributed by atoms with Gasteiger partial charge in [0, 0.05) is 31.5 Å². The van der Waals surface area contributed by atoms with Gasteiger partial charge in [-0.25, -0.2) is 0 Å². The second kappa shape index (κ2) is 8.22. The van der Waals surface area contributed by atoms with Crippen LogP contribution in [0.15, 0.2) is 24.5 Å². The number of rotatable bonds is 8. The summed E-state index contributed by atoms with van der Waals surface area (Å²) in [6.45, 7) is 9.59. The smallest absolute Gasteiger partial charge is 0.0471 e. The van der Waals surface area contributed by atoms with Gasteiger partial charge in [-0.2, -0.15) is 0 Å². The van der Waals surface area contributed by atoms with Gasteiger partial charge in [-0.3, -0.25) is 9.88 Å². The number of nitrogens with zero attached hydrogens (tertiary/aromatic N) is 2. The molecule has 0 radical (unpaired) electrons. The summed E-state index contributed by atoms with van der Waals surface area (Å²) in [5, 5.41) is 0. The van der Waals surface area contributed by atoms with Crippen molar-refractivity contribution in [3.8, 4) is 0 Å². The lowest BCUT2D eigenvalue weighted by Crippen LogP contribution is -2.37.